The number of hydrogen-bond donors (Lipinski definition) is 0. The second kappa shape index (κ2) is 5.54. The highest BCUT2D eigenvalue weighted by Crippen LogP contribution is 2.17. The van der Waals surface area contributed by atoms with Crippen LogP contribution in [-0.4, -0.2) is 11.6 Å². The molecule has 0 aliphatic rings. The van der Waals surface area contributed by atoms with Gasteiger partial charge < -0.3 is 4.42 Å². The number of Topliss-reactive ketones (excluding diaryl/α,β-unsaturated/α-hetero) is 2. The lowest BCUT2D eigenvalue weighted by molar-refractivity contribution is 0.0893. The maximum Gasteiger partial charge on any atom is 0.174 e. The van der Waals surface area contributed by atoms with E-state index in [1.165, 1.54) is 6.07 Å². The molecular weight excluding hydrogens is 254 g/mol. The lowest BCUT2D eigenvalue weighted by Gasteiger charge is -2.01. The predicted octanol–water partition coefficient (Wildman–Crippen LogP) is 3.22. The van der Waals surface area contributed by atoms with E-state index in [2.05, 4.69) is 0 Å². The summed E-state index contributed by atoms with van der Waals surface area (Å²) in [6, 6.07) is 9.94. The van der Waals surface area contributed by atoms with Gasteiger partial charge in [-0.15, -0.1) is 0 Å². The molecule has 2 rings (SSSR count). The van der Waals surface area contributed by atoms with Gasteiger partial charge in [-0.1, -0.05) is 12.1 Å². The Kier molecular flexibility index (Phi) is 3.81. The fraction of sp³-hybridized carbons (Fsp3) is 0.188. The van der Waals surface area contributed by atoms with Crippen molar-refractivity contribution in [1.82, 2.24) is 0 Å². The second-order valence-corrected chi connectivity index (χ2v) is 4.54. The molecule has 0 saturated carbocycles. The molecule has 0 N–H and O–H groups in total. The molecule has 4 heteroatoms. The molecule has 1 aromatic heterocycles. The third kappa shape index (κ3) is 2.83. The Bertz CT molecular complexity index is 720. The summed E-state index contributed by atoms with van der Waals surface area (Å²) in [6.45, 7) is 3.45. The van der Waals surface area contributed by atoms with E-state index < -0.39 is 0 Å². The van der Waals surface area contributed by atoms with E-state index in [1.54, 1.807) is 38.1 Å². The first-order valence-electron chi connectivity index (χ1n) is 6.15. The molecule has 0 saturated heterocycles. The molecule has 1 aromatic carbocycles. The van der Waals surface area contributed by atoms with Crippen LogP contribution in [-0.2, 0) is 0 Å². The van der Waals surface area contributed by atoms with Crippen molar-refractivity contribution in [2.75, 3.05) is 0 Å². The minimum Gasteiger partial charge on any atom is -0.466 e. The van der Waals surface area contributed by atoms with Crippen molar-refractivity contribution in [2.24, 2.45) is 0 Å². The Labute approximate surface area is 116 Å². The number of hydrogen-bond acceptors (Lipinski definition) is 4. The molecule has 0 bridgehead atoms. The van der Waals surface area contributed by atoms with Crippen LogP contribution in [0.25, 0.3) is 0 Å². The van der Waals surface area contributed by atoms with E-state index in [-0.39, 0.29) is 18.0 Å². The molecule has 0 unspecified atom stereocenters. The number of rotatable bonds is 4. The molecule has 0 spiro atoms. The van der Waals surface area contributed by atoms with Crippen LogP contribution in [0.15, 0.2) is 34.7 Å². The van der Waals surface area contributed by atoms with Crippen LogP contribution in [0.4, 0.5) is 0 Å². The Hall–Kier alpha value is -2.67. The summed E-state index contributed by atoms with van der Waals surface area (Å²) in [5.41, 5.74) is 1.21. The zero-order valence-corrected chi connectivity index (χ0v) is 11.3. The van der Waals surface area contributed by atoms with Crippen LogP contribution >= 0.6 is 0 Å². The van der Waals surface area contributed by atoms with Crippen molar-refractivity contribution in [3.63, 3.8) is 0 Å². The summed E-state index contributed by atoms with van der Waals surface area (Å²) in [7, 11) is 0. The Morgan fingerprint density at radius 2 is 1.95 bits per heavy atom. The molecule has 0 amide bonds. The summed E-state index contributed by atoms with van der Waals surface area (Å²) < 4.78 is 5.28. The first-order valence-corrected chi connectivity index (χ1v) is 6.15. The third-order valence-corrected chi connectivity index (χ3v) is 2.98. The smallest absolute Gasteiger partial charge is 0.174 e. The highest BCUT2D eigenvalue weighted by atomic mass is 16.3. The van der Waals surface area contributed by atoms with Gasteiger partial charge in [0.1, 0.15) is 11.5 Å². The standard InChI is InChI=1S/C16H13NO3/c1-10-6-14(11(2)20-10)16(19)8-15(18)13-5-3-4-12(7-13)9-17/h3-7H,8H2,1-2H3. The molecule has 0 atom stereocenters. The van der Waals surface area contributed by atoms with E-state index in [0.717, 1.165) is 0 Å². The number of benzene rings is 1. The highest BCUT2D eigenvalue weighted by molar-refractivity contribution is 6.13. The minimum atomic E-state index is -0.301. The summed E-state index contributed by atoms with van der Waals surface area (Å²) in [5.74, 6) is 0.591. The maximum atomic E-state index is 12.1. The van der Waals surface area contributed by atoms with Crippen LogP contribution in [0, 0.1) is 25.2 Å². The zero-order chi connectivity index (χ0) is 14.7. The van der Waals surface area contributed by atoms with E-state index >= 15 is 0 Å². The van der Waals surface area contributed by atoms with Crippen molar-refractivity contribution < 1.29 is 14.0 Å². The van der Waals surface area contributed by atoms with E-state index in [9.17, 15) is 9.59 Å². The van der Waals surface area contributed by atoms with Gasteiger partial charge in [-0.3, -0.25) is 9.59 Å². The number of aryl methyl sites for hydroxylation is 2. The van der Waals surface area contributed by atoms with Gasteiger partial charge in [-0.25, -0.2) is 0 Å². The highest BCUT2D eigenvalue weighted by Gasteiger charge is 2.18. The van der Waals surface area contributed by atoms with Crippen molar-refractivity contribution in [2.45, 2.75) is 20.3 Å². The molecule has 20 heavy (non-hydrogen) atoms. The van der Waals surface area contributed by atoms with E-state index in [4.69, 9.17) is 9.68 Å². The molecule has 100 valence electrons. The van der Waals surface area contributed by atoms with Crippen LogP contribution in [0.3, 0.4) is 0 Å². The lowest BCUT2D eigenvalue weighted by atomic mass is 10.0. The Balaban J connectivity index is 2.17. The summed E-state index contributed by atoms with van der Waals surface area (Å²) in [6.07, 6.45) is -0.227. The summed E-state index contributed by atoms with van der Waals surface area (Å²) >= 11 is 0. The molecule has 4 nitrogen and oxygen atoms in total. The number of nitriles is 1. The Morgan fingerprint density at radius 3 is 2.55 bits per heavy atom. The first kappa shape index (κ1) is 13.8. The van der Waals surface area contributed by atoms with Crippen molar-refractivity contribution in [3.05, 3.63) is 58.5 Å². The van der Waals surface area contributed by atoms with Gasteiger partial charge in [0.25, 0.3) is 0 Å². The normalized spacial score (nSPS) is 10.1. The SMILES string of the molecule is Cc1cc(C(=O)CC(=O)c2cccc(C#N)c2)c(C)o1. The fourth-order valence-electron chi connectivity index (χ4n) is 2.01. The summed E-state index contributed by atoms with van der Waals surface area (Å²) in [5, 5.41) is 8.80. The lowest BCUT2D eigenvalue weighted by Crippen LogP contribution is -2.09. The molecule has 1 heterocycles. The molecule has 0 aliphatic heterocycles. The average molecular weight is 267 g/mol. The van der Waals surface area contributed by atoms with Gasteiger partial charge in [0, 0.05) is 5.56 Å². The number of nitrogens with zero attached hydrogens (tertiary/aromatic N) is 1. The monoisotopic (exact) mass is 267 g/mol. The van der Waals surface area contributed by atoms with Crippen LogP contribution < -0.4 is 0 Å². The zero-order valence-electron chi connectivity index (χ0n) is 11.3. The van der Waals surface area contributed by atoms with Crippen LogP contribution in [0.5, 0.6) is 0 Å². The molecule has 0 fully saturated rings. The fourth-order valence-corrected chi connectivity index (χ4v) is 2.01. The number of furan rings is 1. The molecule has 2 aromatic rings. The van der Waals surface area contributed by atoms with Crippen molar-refractivity contribution in [1.29, 1.82) is 5.26 Å². The van der Waals surface area contributed by atoms with Crippen LogP contribution in [0.2, 0.25) is 0 Å². The minimum absolute atomic E-state index is 0.227. The quantitative estimate of drug-likeness (QED) is 0.629. The third-order valence-electron chi connectivity index (χ3n) is 2.98. The predicted molar refractivity (Wildman–Crippen MR) is 72.6 cm³/mol. The topological polar surface area (TPSA) is 71.1 Å². The van der Waals surface area contributed by atoms with Crippen molar-refractivity contribution in [3.8, 4) is 6.07 Å². The maximum absolute atomic E-state index is 12.1. The van der Waals surface area contributed by atoms with Gasteiger partial charge in [0.2, 0.25) is 0 Å². The van der Waals surface area contributed by atoms with Gasteiger partial charge in [-0.2, -0.15) is 5.26 Å². The first-order chi connectivity index (χ1) is 9.51. The van der Waals surface area contributed by atoms with E-state index in [1.807, 2.05) is 6.07 Å². The molecule has 0 radical (unpaired) electrons. The van der Waals surface area contributed by atoms with Gasteiger partial charge in [0.15, 0.2) is 11.6 Å². The molecule has 0 aliphatic carbocycles. The number of ketones is 2. The van der Waals surface area contributed by atoms with Gasteiger partial charge >= 0.3 is 0 Å². The van der Waals surface area contributed by atoms with Gasteiger partial charge in [-0.05, 0) is 32.0 Å². The largest absolute Gasteiger partial charge is 0.466 e. The molecular formula is C16H13NO3. The van der Waals surface area contributed by atoms with Crippen LogP contribution in [0.1, 0.15) is 44.2 Å². The average Bonchev–Trinajstić information content (AvgIpc) is 2.77. The second-order valence-electron chi connectivity index (χ2n) is 4.54. The van der Waals surface area contributed by atoms with Gasteiger partial charge in [0.05, 0.1) is 23.6 Å². The van der Waals surface area contributed by atoms with Crippen molar-refractivity contribution >= 4 is 11.6 Å². The summed E-state index contributed by atoms with van der Waals surface area (Å²) in [4.78, 5) is 24.1. The number of carbonyl (C=O) groups is 2. The number of carbonyl (C=O) groups excluding carboxylic acids is 2. The Morgan fingerprint density at radius 1 is 1.20 bits per heavy atom. The van der Waals surface area contributed by atoms with E-state index in [0.29, 0.717) is 28.2 Å².